The van der Waals surface area contributed by atoms with Crippen LogP contribution in [-0.2, 0) is 9.53 Å². The second-order valence-corrected chi connectivity index (χ2v) is 11.8. The monoisotopic (exact) mass is 530 g/mol. The number of carbonyl (C=O) groups excluding carboxylic acids is 2. The van der Waals surface area contributed by atoms with Gasteiger partial charge in [0.15, 0.2) is 0 Å². The van der Waals surface area contributed by atoms with Crippen molar-refractivity contribution >= 4 is 55.8 Å². The number of Topliss-reactive ketones (excluding diaryl/α,β-unsaturated/α-hetero) is 1. The molecule has 5 heteroatoms. The standard InChI is InChI=1S/C29H24BrO3P/c1-2-33-29(32)28(27(31)22-18-20-23(30)21-19-22)34(24-12-6-3-7-13-24,25-14-8-4-9-15-25)26-16-10-5-11-17-26/h3-21H,2H2,1H3. The molecular formula is C29H24BrO3P. The van der Waals surface area contributed by atoms with Crippen molar-refractivity contribution in [2.75, 3.05) is 6.61 Å². The molecule has 4 aromatic rings. The molecule has 0 radical (unpaired) electrons. The summed E-state index contributed by atoms with van der Waals surface area (Å²) in [5, 5.41) is 2.92. The van der Waals surface area contributed by atoms with Crippen molar-refractivity contribution in [3.63, 3.8) is 0 Å². The first-order chi connectivity index (χ1) is 16.6. The van der Waals surface area contributed by atoms with Crippen LogP contribution in [0.2, 0.25) is 0 Å². The maximum absolute atomic E-state index is 14.2. The van der Waals surface area contributed by atoms with Crippen LogP contribution in [0.3, 0.4) is 0 Å². The zero-order valence-corrected chi connectivity index (χ0v) is 21.2. The van der Waals surface area contributed by atoms with E-state index in [4.69, 9.17) is 4.74 Å². The van der Waals surface area contributed by atoms with Gasteiger partial charge in [0.1, 0.15) is 5.29 Å². The zero-order chi connectivity index (χ0) is 24.0. The average molecular weight is 531 g/mol. The maximum atomic E-state index is 14.2. The van der Waals surface area contributed by atoms with Gasteiger partial charge in [-0.1, -0.05) is 107 Å². The van der Waals surface area contributed by atoms with Crippen molar-refractivity contribution in [3.8, 4) is 0 Å². The largest absolute Gasteiger partial charge is 0.462 e. The Hall–Kier alpha value is -3.20. The lowest BCUT2D eigenvalue weighted by atomic mass is 10.1. The topological polar surface area (TPSA) is 43.4 Å². The Labute approximate surface area is 208 Å². The molecule has 0 unspecified atom stereocenters. The summed E-state index contributed by atoms with van der Waals surface area (Å²) in [7, 11) is 0. The zero-order valence-electron chi connectivity index (χ0n) is 18.7. The van der Waals surface area contributed by atoms with Crippen LogP contribution >= 0.6 is 22.8 Å². The second kappa shape index (κ2) is 10.8. The number of carbonyl (C=O) groups is 2. The fourth-order valence-electron chi connectivity index (χ4n) is 4.11. The van der Waals surface area contributed by atoms with Gasteiger partial charge >= 0.3 is 5.97 Å². The van der Waals surface area contributed by atoms with E-state index in [2.05, 4.69) is 15.9 Å². The molecule has 0 heterocycles. The van der Waals surface area contributed by atoms with Gasteiger partial charge < -0.3 is 4.74 Å². The van der Waals surface area contributed by atoms with Crippen LogP contribution in [0.15, 0.2) is 120 Å². The van der Waals surface area contributed by atoms with E-state index in [-0.39, 0.29) is 17.7 Å². The number of benzene rings is 4. The highest BCUT2D eigenvalue weighted by Gasteiger charge is 2.38. The van der Waals surface area contributed by atoms with Crippen molar-refractivity contribution < 1.29 is 14.3 Å². The number of esters is 1. The van der Waals surface area contributed by atoms with Crippen molar-refractivity contribution in [2.24, 2.45) is 0 Å². The van der Waals surface area contributed by atoms with E-state index in [1.54, 1.807) is 19.1 Å². The summed E-state index contributed by atoms with van der Waals surface area (Å²) in [5.74, 6) is -0.906. The molecule has 34 heavy (non-hydrogen) atoms. The fraction of sp³-hybridized carbons (Fsp3) is 0.0690. The number of rotatable bonds is 7. The van der Waals surface area contributed by atoms with E-state index in [1.807, 2.05) is 103 Å². The molecule has 4 rings (SSSR count). The molecule has 0 aliphatic carbocycles. The predicted octanol–water partition coefficient (Wildman–Crippen LogP) is 5.36. The summed E-state index contributed by atoms with van der Waals surface area (Å²) in [4.78, 5) is 27.9. The van der Waals surface area contributed by atoms with Crippen LogP contribution in [0.1, 0.15) is 17.3 Å². The van der Waals surface area contributed by atoms with Gasteiger partial charge in [-0.25, -0.2) is 4.79 Å². The summed E-state index contributed by atoms with van der Waals surface area (Å²) in [6, 6.07) is 36.6. The van der Waals surface area contributed by atoms with E-state index in [9.17, 15) is 9.59 Å². The van der Waals surface area contributed by atoms with Gasteiger partial charge in [-0.15, -0.1) is 0 Å². The molecule has 0 saturated carbocycles. The van der Waals surface area contributed by atoms with Gasteiger partial charge in [-0.3, -0.25) is 4.79 Å². The fourth-order valence-corrected chi connectivity index (χ4v) is 8.67. The Bertz CT molecular complexity index is 1230. The van der Waals surface area contributed by atoms with Gasteiger partial charge in [-0.05, 0) is 54.0 Å². The minimum Gasteiger partial charge on any atom is -0.462 e. The smallest absolute Gasteiger partial charge is 0.343 e. The molecule has 4 aromatic carbocycles. The van der Waals surface area contributed by atoms with Crippen LogP contribution < -0.4 is 15.9 Å². The molecule has 0 bridgehead atoms. The maximum Gasteiger partial charge on any atom is 0.343 e. The highest BCUT2D eigenvalue weighted by Crippen LogP contribution is 2.47. The van der Waals surface area contributed by atoms with Crippen molar-refractivity contribution in [1.29, 1.82) is 0 Å². The number of hydrogen-bond donors (Lipinski definition) is 0. The summed E-state index contributed by atoms with van der Waals surface area (Å²) < 4.78 is 6.42. The first kappa shape index (κ1) is 23.9. The molecule has 0 aliphatic heterocycles. The number of hydrogen-bond acceptors (Lipinski definition) is 3. The quantitative estimate of drug-likeness (QED) is 0.140. The van der Waals surface area contributed by atoms with Crippen LogP contribution in [0.25, 0.3) is 0 Å². The number of halogens is 1. The van der Waals surface area contributed by atoms with Gasteiger partial charge in [0.2, 0.25) is 5.78 Å². The first-order valence-corrected chi connectivity index (χ1v) is 13.6. The lowest BCUT2D eigenvalue weighted by molar-refractivity contribution is -0.134. The van der Waals surface area contributed by atoms with E-state index in [0.717, 1.165) is 20.4 Å². The van der Waals surface area contributed by atoms with Gasteiger partial charge in [0.25, 0.3) is 0 Å². The summed E-state index contributed by atoms with van der Waals surface area (Å²) in [6.45, 7) is -0.970. The Kier molecular flexibility index (Phi) is 7.62. The third-order valence-corrected chi connectivity index (χ3v) is 10.4. The molecule has 0 fully saturated rings. The normalized spacial score (nSPS) is 11.0. The van der Waals surface area contributed by atoms with Crippen molar-refractivity contribution in [3.05, 3.63) is 125 Å². The van der Waals surface area contributed by atoms with E-state index in [0.29, 0.717) is 5.56 Å². The molecule has 0 N–H and O–H groups in total. The van der Waals surface area contributed by atoms with Crippen LogP contribution in [0.5, 0.6) is 0 Å². The van der Waals surface area contributed by atoms with Crippen molar-refractivity contribution in [2.45, 2.75) is 6.92 Å². The minimum absolute atomic E-state index is 0.167. The van der Waals surface area contributed by atoms with Crippen molar-refractivity contribution in [1.82, 2.24) is 0 Å². The average Bonchev–Trinajstić information content (AvgIpc) is 2.89. The molecule has 170 valence electrons. The summed E-state index contributed by atoms with van der Waals surface area (Å²) in [5.41, 5.74) is 0.443. The molecule has 0 atom stereocenters. The Morgan fingerprint density at radius 2 is 1.09 bits per heavy atom. The van der Waals surface area contributed by atoms with E-state index >= 15 is 0 Å². The molecule has 0 saturated heterocycles. The second-order valence-electron chi connectivity index (χ2n) is 7.58. The van der Waals surface area contributed by atoms with Gasteiger partial charge in [0, 0.05) is 10.0 Å². The van der Waals surface area contributed by atoms with Crippen LogP contribution in [0, 0.1) is 0 Å². The lowest BCUT2D eigenvalue weighted by Crippen LogP contribution is -2.38. The highest BCUT2D eigenvalue weighted by atomic mass is 79.9. The molecule has 0 aliphatic rings. The third kappa shape index (κ3) is 4.57. The van der Waals surface area contributed by atoms with Crippen LogP contribution in [-0.4, -0.2) is 23.7 Å². The Morgan fingerprint density at radius 3 is 1.47 bits per heavy atom. The SMILES string of the molecule is CCOC(=O)C(C(=O)c1ccc(Br)cc1)=P(c1ccccc1)(c1ccccc1)c1ccccc1. The summed E-state index contributed by atoms with van der Waals surface area (Å²) >= 11 is 3.43. The van der Waals surface area contributed by atoms with Gasteiger partial charge in [-0.2, -0.15) is 0 Å². The molecule has 0 aromatic heterocycles. The number of ketones is 1. The molecule has 3 nitrogen and oxygen atoms in total. The third-order valence-electron chi connectivity index (χ3n) is 5.56. The molecule has 0 spiro atoms. The number of ether oxygens (including phenoxy) is 1. The Balaban J connectivity index is 2.24. The highest BCUT2D eigenvalue weighted by molar-refractivity contribution is 9.10. The van der Waals surface area contributed by atoms with Crippen LogP contribution in [0.4, 0.5) is 0 Å². The van der Waals surface area contributed by atoms with Gasteiger partial charge in [0.05, 0.1) is 6.61 Å². The van der Waals surface area contributed by atoms with E-state index in [1.165, 1.54) is 0 Å². The Morgan fingerprint density at radius 1 is 0.676 bits per heavy atom. The lowest BCUT2D eigenvalue weighted by Gasteiger charge is -2.31. The molecule has 0 amide bonds. The van der Waals surface area contributed by atoms with E-state index < -0.39 is 12.9 Å². The molecular weight excluding hydrogens is 507 g/mol. The predicted molar refractivity (Wildman–Crippen MR) is 145 cm³/mol. The summed E-state index contributed by atoms with van der Waals surface area (Å²) in [6.07, 6.45) is 0. The first-order valence-electron chi connectivity index (χ1n) is 11.0. The minimum atomic E-state index is -2.90.